The number of aliphatic carboxylic acids is 1. The van der Waals surface area contributed by atoms with E-state index in [2.05, 4.69) is 10.3 Å². The van der Waals surface area contributed by atoms with Crippen molar-refractivity contribution in [3.8, 4) is 11.3 Å². The minimum absolute atomic E-state index is 0.00495. The van der Waals surface area contributed by atoms with Crippen LogP contribution < -0.4 is 5.32 Å². The van der Waals surface area contributed by atoms with Gasteiger partial charge in [0.05, 0.1) is 37.3 Å². The van der Waals surface area contributed by atoms with Crippen molar-refractivity contribution < 1.29 is 19.6 Å². The Morgan fingerprint density at radius 2 is 1.71 bits per heavy atom. The molecule has 10 heteroatoms. The first-order chi connectivity index (χ1) is 16.7. The average Bonchev–Trinajstić information content (AvgIpc) is 2.83. The van der Waals surface area contributed by atoms with Gasteiger partial charge in [-0.05, 0) is 42.0 Å². The SMILES string of the molecule is O=C(NC(Cc1ccc2nc(-c3ccccc3[N+](=O)[O-])ccc2c1)C(=O)O)c1c(Cl)cccc1Cl. The molecule has 1 aromatic heterocycles. The van der Waals surface area contributed by atoms with E-state index in [9.17, 15) is 24.8 Å². The number of carboxylic acids is 1. The van der Waals surface area contributed by atoms with Crippen LogP contribution in [-0.2, 0) is 11.2 Å². The van der Waals surface area contributed by atoms with Gasteiger partial charge in [-0.3, -0.25) is 14.9 Å². The number of benzene rings is 3. The largest absolute Gasteiger partial charge is 0.480 e. The van der Waals surface area contributed by atoms with Crippen LogP contribution in [0.2, 0.25) is 10.0 Å². The van der Waals surface area contributed by atoms with E-state index in [1.54, 1.807) is 54.6 Å². The maximum Gasteiger partial charge on any atom is 0.326 e. The fourth-order valence-corrected chi connectivity index (χ4v) is 4.25. The van der Waals surface area contributed by atoms with Gasteiger partial charge in [0, 0.05) is 17.9 Å². The third kappa shape index (κ3) is 5.24. The van der Waals surface area contributed by atoms with Crippen LogP contribution in [0.5, 0.6) is 0 Å². The lowest BCUT2D eigenvalue weighted by Crippen LogP contribution is -2.42. The normalized spacial score (nSPS) is 11.7. The molecule has 0 saturated carbocycles. The van der Waals surface area contributed by atoms with Gasteiger partial charge in [-0.25, -0.2) is 9.78 Å². The number of para-hydroxylation sites is 1. The molecule has 3 aromatic carbocycles. The highest BCUT2D eigenvalue weighted by atomic mass is 35.5. The van der Waals surface area contributed by atoms with Crippen molar-refractivity contribution >= 4 is 51.7 Å². The second kappa shape index (κ2) is 10.1. The summed E-state index contributed by atoms with van der Waals surface area (Å²) >= 11 is 12.1. The van der Waals surface area contributed by atoms with Crippen LogP contribution in [0.15, 0.2) is 72.8 Å². The van der Waals surface area contributed by atoms with Gasteiger partial charge in [0.1, 0.15) is 6.04 Å². The first-order valence-electron chi connectivity index (χ1n) is 10.4. The summed E-state index contributed by atoms with van der Waals surface area (Å²) in [4.78, 5) is 39.9. The topological polar surface area (TPSA) is 122 Å². The second-order valence-corrected chi connectivity index (χ2v) is 8.48. The van der Waals surface area contributed by atoms with Crippen molar-refractivity contribution in [2.45, 2.75) is 12.5 Å². The number of hydrogen-bond donors (Lipinski definition) is 2. The minimum Gasteiger partial charge on any atom is -0.480 e. The van der Waals surface area contributed by atoms with Crippen LogP contribution >= 0.6 is 23.2 Å². The summed E-state index contributed by atoms with van der Waals surface area (Å²) in [7, 11) is 0. The van der Waals surface area contributed by atoms with Crippen molar-refractivity contribution in [2.24, 2.45) is 0 Å². The third-order valence-corrected chi connectivity index (χ3v) is 5.99. The van der Waals surface area contributed by atoms with E-state index in [-0.39, 0.29) is 27.7 Å². The van der Waals surface area contributed by atoms with Gasteiger partial charge in [-0.15, -0.1) is 0 Å². The van der Waals surface area contributed by atoms with Gasteiger partial charge in [0.15, 0.2) is 0 Å². The number of rotatable bonds is 7. The predicted octanol–water partition coefficient (Wildman–Crippen LogP) is 5.54. The molecule has 8 nitrogen and oxygen atoms in total. The first-order valence-corrected chi connectivity index (χ1v) is 11.1. The molecule has 1 heterocycles. The van der Waals surface area contributed by atoms with Crippen LogP contribution in [-0.4, -0.2) is 32.9 Å². The van der Waals surface area contributed by atoms with Crippen molar-refractivity contribution in [2.75, 3.05) is 0 Å². The van der Waals surface area contributed by atoms with E-state index in [1.165, 1.54) is 18.2 Å². The summed E-state index contributed by atoms with van der Waals surface area (Å²) in [5.74, 6) is -1.91. The lowest BCUT2D eigenvalue weighted by Gasteiger charge is -2.16. The molecule has 4 rings (SSSR count). The third-order valence-electron chi connectivity index (χ3n) is 5.36. The maximum absolute atomic E-state index is 12.7. The quantitative estimate of drug-likeness (QED) is 0.249. The summed E-state index contributed by atoms with van der Waals surface area (Å²) < 4.78 is 0. The van der Waals surface area contributed by atoms with E-state index < -0.39 is 22.8 Å². The number of nitrogens with zero attached hydrogens (tertiary/aromatic N) is 2. The fraction of sp³-hybridized carbons (Fsp3) is 0.0800. The molecule has 0 aliphatic heterocycles. The van der Waals surface area contributed by atoms with Crippen molar-refractivity contribution in [3.05, 3.63) is 104 Å². The van der Waals surface area contributed by atoms with E-state index in [0.717, 1.165) is 5.39 Å². The Morgan fingerprint density at radius 1 is 1.00 bits per heavy atom. The number of nitrogens with one attached hydrogen (secondary N) is 1. The molecular weight excluding hydrogens is 493 g/mol. The molecule has 35 heavy (non-hydrogen) atoms. The number of pyridine rings is 1. The number of carbonyl (C=O) groups excluding carboxylic acids is 1. The van der Waals surface area contributed by atoms with Crippen LogP contribution in [0.1, 0.15) is 15.9 Å². The monoisotopic (exact) mass is 509 g/mol. The zero-order valence-electron chi connectivity index (χ0n) is 17.9. The van der Waals surface area contributed by atoms with Crippen LogP contribution in [0.3, 0.4) is 0 Å². The van der Waals surface area contributed by atoms with Crippen LogP contribution in [0.25, 0.3) is 22.2 Å². The summed E-state index contributed by atoms with van der Waals surface area (Å²) in [6.07, 6.45) is 0.00495. The Labute approximate surface area is 209 Å². The van der Waals surface area contributed by atoms with Crippen LogP contribution in [0, 0.1) is 10.1 Å². The molecule has 0 aliphatic rings. The van der Waals surface area contributed by atoms with Crippen molar-refractivity contribution in [3.63, 3.8) is 0 Å². The molecule has 1 unspecified atom stereocenters. The summed E-state index contributed by atoms with van der Waals surface area (Å²) in [5.41, 5.74) is 2.04. The Hall–Kier alpha value is -4.01. The molecule has 176 valence electrons. The number of aromatic nitrogens is 1. The number of halogens is 2. The Kier molecular flexibility index (Phi) is 6.95. The van der Waals surface area contributed by atoms with Crippen molar-refractivity contribution in [1.82, 2.24) is 10.3 Å². The second-order valence-electron chi connectivity index (χ2n) is 7.66. The first kappa shape index (κ1) is 24.1. The number of hydrogen-bond acceptors (Lipinski definition) is 5. The van der Waals surface area contributed by atoms with Crippen LogP contribution in [0.4, 0.5) is 5.69 Å². The van der Waals surface area contributed by atoms with Gasteiger partial charge < -0.3 is 10.4 Å². The average molecular weight is 510 g/mol. The Bertz CT molecular complexity index is 1450. The minimum atomic E-state index is -1.23. The number of carbonyl (C=O) groups is 2. The standard InChI is InChI=1S/C25H17Cl2N3O5/c26-17-5-3-6-18(27)23(17)24(31)29-21(25(32)33)13-14-8-10-19-15(12-14)9-11-20(28-19)16-4-1-2-7-22(16)30(34)35/h1-12,21H,13H2,(H,29,31)(H,32,33). The highest BCUT2D eigenvalue weighted by molar-refractivity contribution is 6.39. The number of amides is 1. The fourth-order valence-electron chi connectivity index (χ4n) is 3.68. The molecule has 1 atom stereocenters. The van der Waals surface area contributed by atoms with Gasteiger partial charge in [-0.2, -0.15) is 0 Å². The molecule has 4 aromatic rings. The van der Waals surface area contributed by atoms with E-state index in [0.29, 0.717) is 22.3 Å². The summed E-state index contributed by atoms with van der Waals surface area (Å²) in [6.45, 7) is 0. The molecule has 0 bridgehead atoms. The van der Waals surface area contributed by atoms with E-state index >= 15 is 0 Å². The molecule has 1 amide bonds. The van der Waals surface area contributed by atoms with Gasteiger partial charge >= 0.3 is 5.97 Å². The molecule has 0 fully saturated rings. The summed E-state index contributed by atoms with van der Waals surface area (Å²) in [6, 6.07) is 18.3. The smallest absolute Gasteiger partial charge is 0.326 e. The molecule has 0 aliphatic carbocycles. The highest BCUT2D eigenvalue weighted by Gasteiger charge is 2.24. The van der Waals surface area contributed by atoms with Gasteiger partial charge in [-0.1, -0.05) is 53.5 Å². The number of nitro groups is 1. The van der Waals surface area contributed by atoms with E-state index in [4.69, 9.17) is 23.2 Å². The molecular formula is C25H17Cl2N3O5. The Morgan fingerprint density at radius 3 is 2.40 bits per heavy atom. The highest BCUT2D eigenvalue weighted by Crippen LogP contribution is 2.30. The number of carboxylic acid groups (broad SMARTS) is 1. The predicted molar refractivity (Wildman–Crippen MR) is 133 cm³/mol. The molecule has 2 N–H and O–H groups in total. The molecule has 0 saturated heterocycles. The molecule has 0 spiro atoms. The number of fused-ring (bicyclic) bond motifs is 1. The zero-order valence-corrected chi connectivity index (χ0v) is 19.5. The lowest BCUT2D eigenvalue weighted by atomic mass is 10.0. The van der Waals surface area contributed by atoms with E-state index in [1.807, 2.05) is 0 Å². The maximum atomic E-state index is 12.7. The van der Waals surface area contributed by atoms with Gasteiger partial charge in [0.2, 0.25) is 0 Å². The summed E-state index contributed by atoms with van der Waals surface area (Å²) in [5, 5.41) is 24.4. The lowest BCUT2D eigenvalue weighted by molar-refractivity contribution is -0.384. The Balaban J connectivity index is 1.59. The zero-order chi connectivity index (χ0) is 25.1. The molecule has 0 radical (unpaired) electrons. The number of nitro benzene ring substituents is 1. The van der Waals surface area contributed by atoms with Crippen molar-refractivity contribution in [1.29, 1.82) is 0 Å². The van der Waals surface area contributed by atoms with Gasteiger partial charge in [0.25, 0.3) is 11.6 Å².